The highest BCUT2D eigenvalue weighted by Crippen LogP contribution is 2.25. The Morgan fingerprint density at radius 2 is 1.82 bits per heavy atom. The number of hydrogen-bond donors (Lipinski definition) is 1. The van der Waals surface area contributed by atoms with Gasteiger partial charge in [0.25, 0.3) is 5.91 Å². The molecule has 0 saturated carbocycles. The summed E-state index contributed by atoms with van der Waals surface area (Å²) in [5.74, 6) is -1.39. The monoisotopic (exact) mass is 307 g/mol. The first-order chi connectivity index (χ1) is 10.6. The van der Waals surface area contributed by atoms with Crippen molar-refractivity contribution in [3.8, 4) is 11.5 Å². The van der Waals surface area contributed by atoms with Gasteiger partial charge < -0.3 is 14.8 Å². The Labute approximate surface area is 126 Å². The first-order valence-electron chi connectivity index (χ1n) is 6.61. The topological polar surface area (TPSA) is 47.6 Å². The van der Waals surface area contributed by atoms with Crippen LogP contribution >= 0.6 is 0 Å². The Kier molecular flexibility index (Phi) is 5.30. The normalized spacial score (nSPS) is 10.1. The van der Waals surface area contributed by atoms with Gasteiger partial charge in [0, 0.05) is 5.56 Å². The molecule has 0 bridgehead atoms. The third-order valence-corrected chi connectivity index (χ3v) is 2.90. The highest BCUT2D eigenvalue weighted by molar-refractivity contribution is 5.94. The van der Waals surface area contributed by atoms with E-state index in [4.69, 9.17) is 9.47 Å². The van der Waals surface area contributed by atoms with Gasteiger partial charge in [-0.1, -0.05) is 12.1 Å². The molecule has 0 heterocycles. The van der Waals surface area contributed by atoms with E-state index in [0.717, 1.165) is 12.1 Å². The number of ether oxygens (including phenoxy) is 2. The molecule has 2 aromatic carbocycles. The molecule has 6 heteroatoms. The molecule has 0 aliphatic rings. The molecule has 1 N–H and O–H groups in total. The lowest BCUT2D eigenvalue weighted by Crippen LogP contribution is -2.28. The fourth-order valence-electron chi connectivity index (χ4n) is 1.80. The molecule has 0 atom stereocenters. The van der Waals surface area contributed by atoms with Gasteiger partial charge in [-0.3, -0.25) is 4.79 Å². The van der Waals surface area contributed by atoms with Crippen LogP contribution in [0.15, 0.2) is 42.5 Å². The summed E-state index contributed by atoms with van der Waals surface area (Å²) in [6.07, 6.45) is 0. The molecule has 2 rings (SSSR count). The molecule has 0 unspecified atom stereocenters. The highest BCUT2D eigenvalue weighted by atomic mass is 19.2. The zero-order chi connectivity index (χ0) is 15.9. The number of halogens is 2. The van der Waals surface area contributed by atoms with Crippen molar-refractivity contribution in [1.29, 1.82) is 0 Å². The van der Waals surface area contributed by atoms with Gasteiger partial charge in [-0.25, -0.2) is 8.78 Å². The van der Waals surface area contributed by atoms with Crippen LogP contribution in [0.1, 0.15) is 10.4 Å². The van der Waals surface area contributed by atoms with E-state index in [2.05, 4.69) is 5.32 Å². The lowest BCUT2D eigenvalue weighted by atomic mass is 10.2. The summed E-state index contributed by atoms with van der Waals surface area (Å²) in [5.41, 5.74) is 0.0520. The van der Waals surface area contributed by atoms with Crippen LogP contribution < -0.4 is 14.8 Å². The molecule has 22 heavy (non-hydrogen) atoms. The van der Waals surface area contributed by atoms with E-state index in [1.54, 1.807) is 18.2 Å². The number of carbonyl (C=O) groups is 1. The van der Waals surface area contributed by atoms with E-state index >= 15 is 0 Å². The van der Waals surface area contributed by atoms with Gasteiger partial charge in [0.15, 0.2) is 23.1 Å². The molecule has 0 fully saturated rings. The van der Waals surface area contributed by atoms with Crippen LogP contribution in [0.3, 0.4) is 0 Å². The maximum absolute atomic E-state index is 13.0. The fraction of sp³-hybridized carbons (Fsp3) is 0.188. The van der Waals surface area contributed by atoms with Crippen LogP contribution in [0.5, 0.6) is 11.5 Å². The summed E-state index contributed by atoms with van der Waals surface area (Å²) >= 11 is 0. The van der Waals surface area contributed by atoms with E-state index in [0.29, 0.717) is 11.5 Å². The minimum Gasteiger partial charge on any atom is -0.493 e. The Bertz CT molecular complexity index is 662. The minimum atomic E-state index is -1.06. The molecule has 0 aliphatic heterocycles. The van der Waals surface area contributed by atoms with Gasteiger partial charge in [-0.2, -0.15) is 0 Å². The molecular formula is C16H15F2NO3. The van der Waals surface area contributed by atoms with E-state index in [1.165, 1.54) is 13.2 Å². The first kappa shape index (κ1) is 15.8. The molecular weight excluding hydrogens is 292 g/mol. The number of methoxy groups -OCH3 is 1. The van der Waals surface area contributed by atoms with Crippen molar-refractivity contribution < 1.29 is 23.0 Å². The van der Waals surface area contributed by atoms with E-state index < -0.39 is 17.5 Å². The third-order valence-electron chi connectivity index (χ3n) is 2.90. The van der Waals surface area contributed by atoms with Crippen molar-refractivity contribution in [2.75, 3.05) is 20.3 Å². The Morgan fingerprint density at radius 1 is 1.09 bits per heavy atom. The molecule has 116 valence electrons. The number of hydrogen-bond acceptors (Lipinski definition) is 3. The quantitative estimate of drug-likeness (QED) is 0.835. The zero-order valence-electron chi connectivity index (χ0n) is 11.9. The predicted molar refractivity (Wildman–Crippen MR) is 77.2 cm³/mol. The van der Waals surface area contributed by atoms with Crippen LogP contribution in [-0.4, -0.2) is 26.2 Å². The summed E-state index contributed by atoms with van der Waals surface area (Å²) in [4.78, 5) is 11.8. The Hall–Kier alpha value is -2.63. The number of carbonyl (C=O) groups excluding carboxylic acids is 1. The average Bonchev–Trinajstić information content (AvgIpc) is 2.54. The minimum absolute atomic E-state index is 0.0520. The van der Waals surface area contributed by atoms with Gasteiger partial charge in [0.2, 0.25) is 0 Å². The second-order valence-electron chi connectivity index (χ2n) is 4.38. The maximum atomic E-state index is 13.0. The van der Waals surface area contributed by atoms with E-state index in [9.17, 15) is 13.6 Å². The van der Waals surface area contributed by atoms with Gasteiger partial charge in [-0.05, 0) is 30.3 Å². The van der Waals surface area contributed by atoms with E-state index in [1.807, 2.05) is 6.07 Å². The summed E-state index contributed by atoms with van der Waals surface area (Å²) in [7, 11) is 1.53. The number of nitrogens with one attached hydrogen (secondary N) is 1. The number of para-hydroxylation sites is 2. The maximum Gasteiger partial charge on any atom is 0.251 e. The molecule has 2 aromatic rings. The van der Waals surface area contributed by atoms with Gasteiger partial charge in [-0.15, -0.1) is 0 Å². The van der Waals surface area contributed by atoms with Crippen molar-refractivity contribution in [3.05, 3.63) is 59.7 Å². The Morgan fingerprint density at radius 3 is 2.50 bits per heavy atom. The summed E-state index contributed by atoms with van der Waals surface area (Å²) in [5, 5.41) is 2.56. The van der Waals surface area contributed by atoms with Gasteiger partial charge >= 0.3 is 0 Å². The number of rotatable bonds is 6. The fourth-order valence-corrected chi connectivity index (χ4v) is 1.80. The van der Waals surface area contributed by atoms with Crippen molar-refractivity contribution >= 4 is 5.91 Å². The van der Waals surface area contributed by atoms with Crippen LogP contribution in [0.2, 0.25) is 0 Å². The SMILES string of the molecule is COc1ccccc1OCCNC(=O)c1ccc(F)c(F)c1. The Balaban J connectivity index is 1.83. The van der Waals surface area contributed by atoms with Crippen LogP contribution in [-0.2, 0) is 0 Å². The van der Waals surface area contributed by atoms with Gasteiger partial charge in [0.05, 0.1) is 13.7 Å². The van der Waals surface area contributed by atoms with Crippen LogP contribution in [0, 0.1) is 11.6 Å². The summed E-state index contributed by atoms with van der Waals surface area (Å²) in [6, 6.07) is 10.1. The molecule has 0 aliphatic carbocycles. The lowest BCUT2D eigenvalue weighted by Gasteiger charge is -2.11. The van der Waals surface area contributed by atoms with Gasteiger partial charge in [0.1, 0.15) is 6.61 Å². The summed E-state index contributed by atoms with van der Waals surface area (Å²) < 4.78 is 36.4. The second kappa shape index (κ2) is 7.40. The predicted octanol–water partition coefficient (Wildman–Crippen LogP) is 2.78. The molecule has 1 amide bonds. The molecule has 0 spiro atoms. The average molecular weight is 307 g/mol. The van der Waals surface area contributed by atoms with Crippen molar-refractivity contribution in [1.82, 2.24) is 5.32 Å². The molecule has 4 nitrogen and oxygen atoms in total. The number of benzene rings is 2. The van der Waals surface area contributed by atoms with Crippen molar-refractivity contribution in [3.63, 3.8) is 0 Å². The standard InChI is InChI=1S/C16H15F2NO3/c1-21-14-4-2-3-5-15(14)22-9-8-19-16(20)11-6-7-12(17)13(18)10-11/h2-7,10H,8-9H2,1H3,(H,19,20). The summed E-state index contributed by atoms with van der Waals surface area (Å²) in [6.45, 7) is 0.436. The molecule has 0 radical (unpaired) electrons. The zero-order valence-corrected chi connectivity index (χ0v) is 11.9. The van der Waals surface area contributed by atoms with Crippen molar-refractivity contribution in [2.45, 2.75) is 0 Å². The van der Waals surface area contributed by atoms with E-state index in [-0.39, 0.29) is 18.7 Å². The first-order valence-corrected chi connectivity index (χ1v) is 6.61. The molecule has 0 aromatic heterocycles. The van der Waals surface area contributed by atoms with Crippen LogP contribution in [0.4, 0.5) is 8.78 Å². The van der Waals surface area contributed by atoms with Crippen LogP contribution in [0.25, 0.3) is 0 Å². The smallest absolute Gasteiger partial charge is 0.251 e. The second-order valence-corrected chi connectivity index (χ2v) is 4.38. The van der Waals surface area contributed by atoms with Crippen molar-refractivity contribution in [2.24, 2.45) is 0 Å². The lowest BCUT2D eigenvalue weighted by molar-refractivity contribution is 0.0946. The third kappa shape index (κ3) is 3.94. The molecule has 0 saturated heterocycles. The number of amides is 1. The largest absolute Gasteiger partial charge is 0.493 e. The highest BCUT2D eigenvalue weighted by Gasteiger charge is 2.09.